The fourth-order valence-electron chi connectivity index (χ4n) is 4.41. The zero-order chi connectivity index (χ0) is 25.3. The lowest BCUT2D eigenvalue weighted by molar-refractivity contribution is -0.135. The van der Waals surface area contributed by atoms with Crippen molar-refractivity contribution in [2.24, 2.45) is 5.92 Å². The lowest BCUT2D eigenvalue weighted by Gasteiger charge is -2.37. The highest BCUT2D eigenvalue weighted by Gasteiger charge is 2.37. The Morgan fingerprint density at radius 2 is 1.83 bits per heavy atom. The van der Waals surface area contributed by atoms with Crippen LogP contribution in [0.1, 0.15) is 29.3 Å². The number of rotatable bonds is 9. The van der Waals surface area contributed by atoms with Crippen molar-refractivity contribution < 1.29 is 22.3 Å². The number of ether oxygens (including phenoxy) is 1. The number of nitrogens with zero attached hydrogens (tertiary/aromatic N) is 2. The molecule has 0 saturated heterocycles. The number of hydrogen-bond acceptors (Lipinski definition) is 5. The summed E-state index contributed by atoms with van der Waals surface area (Å²) in [4.78, 5) is 16.7. The van der Waals surface area contributed by atoms with Gasteiger partial charge in [0, 0.05) is 23.0 Å². The van der Waals surface area contributed by atoms with Gasteiger partial charge in [0.2, 0.25) is 15.9 Å². The van der Waals surface area contributed by atoms with Gasteiger partial charge in [0.25, 0.3) is 0 Å². The molecule has 2 heterocycles. The maximum atomic E-state index is 13.6. The largest absolute Gasteiger partial charge is 0.491 e. The molecule has 1 saturated carbocycles. The molecule has 0 bridgehead atoms. The van der Waals surface area contributed by atoms with Crippen LogP contribution >= 0.6 is 22.9 Å². The van der Waals surface area contributed by atoms with E-state index in [0.29, 0.717) is 30.3 Å². The lowest BCUT2D eigenvalue weighted by atomic mass is 10.0. The SMILES string of the molecule is O=C(CN(CC1CC1)S(=O)(=O)c1ccc(Cl)cc1)N1CCc2sccc2[C@H]1COc1ccc(F)cc1. The number of fused-ring (bicyclic) bond motifs is 1. The first-order chi connectivity index (χ1) is 17.3. The van der Waals surface area contributed by atoms with Crippen LogP contribution in [-0.2, 0) is 21.2 Å². The van der Waals surface area contributed by atoms with Gasteiger partial charge in [-0.05, 0) is 90.7 Å². The normalized spacial score (nSPS) is 17.8. The van der Waals surface area contributed by atoms with Crippen LogP contribution in [0.3, 0.4) is 0 Å². The Morgan fingerprint density at radius 1 is 1.11 bits per heavy atom. The maximum absolute atomic E-state index is 13.6. The van der Waals surface area contributed by atoms with Crippen LogP contribution in [0.4, 0.5) is 4.39 Å². The predicted octanol–water partition coefficient (Wildman–Crippen LogP) is 5.15. The van der Waals surface area contributed by atoms with Crippen LogP contribution < -0.4 is 4.74 Å². The third kappa shape index (κ3) is 5.59. The average Bonchev–Trinajstić information content (AvgIpc) is 3.55. The molecule has 1 fully saturated rings. The maximum Gasteiger partial charge on any atom is 0.243 e. The van der Waals surface area contributed by atoms with Gasteiger partial charge in [-0.1, -0.05) is 11.6 Å². The summed E-state index contributed by atoms with van der Waals surface area (Å²) >= 11 is 7.59. The minimum absolute atomic E-state index is 0.121. The molecule has 1 aliphatic heterocycles. The molecule has 0 radical (unpaired) electrons. The third-order valence-electron chi connectivity index (χ3n) is 6.56. The standard InChI is InChI=1S/C26H26ClFN2O4S2/c27-19-3-9-22(10-4-19)36(32,33)29(15-18-1-2-18)16-26(31)30-13-11-25-23(12-14-35-25)24(30)17-34-21-7-5-20(28)6-8-21/h3-10,12,14,18,24H,1-2,11,13,15-17H2/t24-/m1/s1. The minimum atomic E-state index is -3.87. The second-order valence-corrected chi connectivity index (χ2v) is 12.5. The van der Waals surface area contributed by atoms with Crippen LogP contribution in [0.2, 0.25) is 5.02 Å². The molecule has 1 amide bonds. The first-order valence-corrected chi connectivity index (χ1v) is 14.5. The number of thiophene rings is 1. The van der Waals surface area contributed by atoms with Crippen LogP contribution in [0, 0.1) is 11.7 Å². The molecule has 0 N–H and O–H groups in total. The van der Waals surface area contributed by atoms with E-state index in [0.717, 1.165) is 18.4 Å². The molecule has 36 heavy (non-hydrogen) atoms. The summed E-state index contributed by atoms with van der Waals surface area (Å²) in [5.41, 5.74) is 1.01. The van der Waals surface area contributed by atoms with E-state index in [1.54, 1.807) is 28.4 Å². The second-order valence-electron chi connectivity index (χ2n) is 9.11. The van der Waals surface area contributed by atoms with Crippen LogP contribution in [0.5, 0.6) is 5.75 Å². The van der Waals surface area contributed by atoms with Gasteiger partial charge < -0.3 is 9.64 Å². The number of benzene rings is 2. The summed E-state index contributed by atoms with van der Waals surface area (Å²) in [6, 6.07) is 13.4. The van der Waals surface area contributed by atoms with E-state index in [9.17, 15) is 17.6 Å². The molecule has 1 aliphatic carbocycles. The Bertz CT molecular complexity index is 1320. The van der Waals surface area contributed by atoms with E-state index in [-0.39, 0.29) is 41.7 Å². The lowest BCUT2D eigenvalue weighted by Crippen LogP contribution is -2.48. The van der Waals surface area contributed by atoms with Crippen LogP contribution in [-0.4, -0.2) is 49.8 Å². The number of halogens is 2. The molecular weight excluding hydrogens is 523 g/mol. The van der Waals surface area contributed by atoms with Crippen molar-refractivity contribution >= 4 is 38.9 Å². The summed E-state index contributed by atoms with van der Waals surface area (Å²) in [6.07, 6.45) is 2.62. The van der Waals surface area contributed by atoms with Crippen molar-refractivity contribution in [3.05, 3.63) is 81.3 Å². The Morgan fingerprint density at radius 3 is 2.53 bits per heavy atom. The highest BCUT2D eigenvalue weighted by Crippen LogP contribution is 2.35. The molecule has 2 aromatic carbocycles. The highest BCUT2D eigenvalue weighted by molar-refractivity contribution is 7.89. The first kappa shape index (κ1) is 25.2. The second kappa shape index (κ2) is 10.5. The molecule has 3 aromatic rings. The predicted molar refractivity (Wildman–Crippen MR) is 137 cm³/mol. The van der Waals surface area contributed by atoms with Gasteiger partial charge in [-0.2, -0.15) is 4.31 Å². The Balaban J connectivity index is 1.37. The molecule has 10 heteroatoms. The third-order valence-corrected chi connectivity index (χ3v) is 9.63. The molecule has 1 aromatic heterocycles. The summed E-state index contributed by atoms with van der Waals surface area (Å²) in [7, 11) is -3.87. The van der Waals surface area contributed by atoms with Gasteiger partial charge in [0.1, 0.15) is 18.2 Å². The molecule has 0 unspecified atom stereocenters. The van der Waals surface area contributed by atoms with Gasteiger partial charge >= 0.3 is 0 Å². The summed E-state index contributed by atoms with van der Waals surface area (Å²) in [5.74, 6) is 0.154. The molecule has 6 nitrogen and oxygen atoms in total. The van der Waals surface area contributed by atoms with Crippen molar-refractivity contribution in [2.75, 3.05) is 26.2 Å². The molecule has 1 atom stereocenters. The fraction of sp³-hybridized carbons (Fsp3) is 0.346. The molecule has 0 spiro atoms. The molecule has 190 valence electrons. The number of carbonyl (C=O) groups excluding carboxylic acids is 1. The summed E-state index contributed by atoms with van der Waals surface area (Å²) in [6.45, 7) is 0.731. The van der Waals surface area contributed by atoms with Gasteiger partial charge in [0.05, 0.1) is 17.5 Å². The van der Waals surface area contributed by atoms with E-state index >= 15 is 0 Å². The van der Waals surface area contributed by atoms with Crippen LogP contribution in [0.15, 0.2) is 64.9 Å². The minimum Gasteiger partial charge on any atom is -0.491 e. The van der Waals surface area contributed by atoms with Crippen molar-refractivity contribution in [1.82, 2.24) is 9.21 Å². The van der Waals surface area contributed by atoms with E-state index in [1.165, 1.54) is 45.6 Å². The van der Waals surface area contributed by atoms with Gasteiger partial charge in [-0.15, -0.1) is 11.3 Å². The number of amides is 1. The van der Waals surface area contributed by atoms with E-state index < -0.39 is 10.0 Å². The molecule has 5 rings (SSSR count). The van der Waals surface area contributed by atoms with Gasteiger partial charge in [0.15, 0.2) is 0 Å². The van der Waals surface area contributed by atoms with Crippen molar-refractivity contribution in [3.63, 3.8) is 0 Å². The van der Waals surface area contributed by atoms with Crippen molar-refractivity contribution in [2.45, 2.75) is 30.2 Å². The fourth-order valence-corrected chi connectivity index (χ4v) is 6.93. The summed E-state index contributed by atoms with van der Waals surface area (Å²) < 4.78 is 47.5. The molecular formula is C26H26ClFN2O4S2. The Labute approximate surface area is 219 Å². The van der Waals surface area contributed by atoms with Gasteiger partial charge in [-0.3, -0.25) is 4.79 Å². The van der Waals surface area contributed by atoms with Crippen LogP contribution in [0.25, 0.3) is 0 Å². The Hall–Kier alpha value is -2.46. The number of carbonyl (C=O) groups is 1. The zero-order valence-corrected chi connectivity index (χ0v) is 21.9. The highest BCUT2D eigenvalue weighted by atomic mass is 35.5. The van der Waals surface area contributed by atoms with Gasteiger partial charge in [-0.25, -0.2) is 12.8 Å². The quantitative estimate of drug-likeness (QED) is 0.371. The average molecular weight is 549 g/mol. The van der Waals surface area contributed by atoms with Crippen molar-refractivity contribution in [3.8, 4) is 5.75 Å². The first-order valence-electron chi connectivity index (χ1n) is 11.8. The molecule has 2 aliphatic rings. The summed E-state index contributed by atoms with van der Waals surface area (Å²) in [5, 5.41) is 2.44. The topological polar surface area (TPSA) is 66.9 Å². The smallest absolute Gasteiger partial charge is 0.243 e. The van der Waals surface area contributed by atoms with E-state index in [4.69, 9.17) is 16.3 Å². The Kier molecular flexibility index (Phi) is 7.35. The van der Waals surface area contributed by atoms with E-state index in [1.807, 2.05) is 11.4 Å². The number of sulfonamides is 1. The number of hydrogen-bond donors (Lipinski definition) is 0. The van der Waals surface area contributed by atoms with E-state index in [2.05, 4.69) is 0 Å². The monoisotopic (exact) mass is 548 g/mol. The zero-order valence-electron chi connectivity index (χ0n) is 19.5. The van der Waals surface area contributed by atoms with Crippen molar-refractivity contribution in [1.29, 1.82) is 0 Å².